The van der Waals surface area contributed by atoms with Gasteiger partial charge < -0.3 is 10.6 Å². The minimum absolute atomic E-state index is 0.0178. The molecule has 2 heteroatoms. The van der Waals surface area contributed by atoms with Crippen molar-refractivity contribution in [2.24, 2.45) is 11.7 Å². The SMILES string of the molecule is CCN1CCC(C(C)(C)N)C1. The summed E-state index contributed by atoms with van der Waals surface area (Å²) in [5.74, 6) is 0.697. The first-order valence-corrected chi connectivity index (χ1v) is 4.55. The zero-order chi connectivity index (χ0) is 8.48. The van der Waals surface area contributed by atoms with Gasteiger partial charge in [-0.05, 0) is 39.3 Å². The molecule has 66 valence electrons. The summed E-state index contributed by atoms with van der Waals surface area (Å²) in [6.45, 7) is 10.1. The molecule has 0 aliphatic carbocycles. The summed E-state index contributed by atoms with van der Waals surface area (Å²) in [6, 6.07) is 0. The first kappa shape index (κ1) is 9.01. The van der Waals surface area contributed by atoms with Crippen LogP contribution in [0.4, 0.5) is 0 Å². The van der Waals surface area contributed by atoms with E-state index in [2.05, 4.69) is 25.7 Å². The smallest absolute Gasteiger partial charge is 0.0138 e. The third kappa shape index (κ3) is 2.17. The first-order valence-electron chi connectivity index (χ1n) is 4.55. The summed E-state index contributed by atoms with van der Waals surface area (Å²) in [6.07, 6.45) is 1.28. The molecule has 0 amide bonds. The normalized spacial score (nSPS) is 27.8. The van der Waals surface area contributed by atoms with E-state index in [-0.39, 0.29) is 5.54 Å². The highest BCUT2D eigenvalue weighted by Gasteiger charge is 2.31. The summed E-state index contributed by atoms with van der Waals surface area (Å²) in [5.41, 5.74) is 6.05. The van der Waals surface area contributed by atoms with Gasteiger partial charge >= 0.3 is 0 Å². The lowest BCUT2D eigenvalue weighted by molar-refractivity contribution is 0.290. The molecule has 0 bridgehead atoms. The highest BCUT2D eigenvalue weighted by atomic mass is 15.1. The molecule has 1 atom stereocenters. The Morgan fingerprint density at radius 1 is 1.55 bits per heavy atom. The van der Waals surface area contributed by atoms with Crippen molar-refractivity contribution in [3.8, 4) is 0 Å². The molecule has 0 aromatic heterocycles. The molecule has 0 spiro atoms. The lowest BCUT2D eigenvalue weighted by Crippen LogP contribution is -2.42. The monoisotopic (exact) mass is 156 g/mol. The number of hydrogen-bond donors (Lipinski definition) is 1. The largest absolute Gasteiger partial charge is 0.325 e. The van der Waals surface area contributed by atoms with Crippen molar-refractivity contribution in [3.05, 3.63) is 0 Å². The van der Waals surface area contributed by atoms with Crippen LogP contribution >= 0.6 is 0 Å². The fourth-order valence-corrected chi connectivity index (χ4v) is 1.73. The Labute approximate surface area is 69.8 Å². The van der Waals surface area contributed by atoms with E-state index in [0.29, 0.717) is 5.92 Å². The maximum Gasteiger partial charge on any atom is 0.0138 e. The number of nitrogens with two attached hydrogens (primary N) is 1. The zero-order valence-electron chi connectivity index (χ0n) is 7.93. The number of nitrogens with zero attached hydrogens (tertiary/aromatic N) is 1. The molecule has 0 aromatic rings. The third-order valence-corrected chi connectivity index (χ3v) is 2.77. The van der Waals surface area contributed by atoms with Crippen LogP contribution in [0, 0.1) is 5.92 Å². The average Bonchev–Trinajstić information content (AvgIpc) is 2.32. The minimum atomic E-state index is 0.0178. The molecule has 1 heterocycles. The van der Waals surface area contributed by atoms with Gasteiger partial charge in [0.15, 0.2) is 0 Å². The Morgan fingerprint density at radius 2 is 2.18 bits per heavy atom. The number of rotatable bonds is 2. The molecule has 1 rings (SSSR count). The Balaban J connectivity index is 2.42. The molecular formula is C9H20N2. The summed E-state index contributed by atoms with van der Waals surface area (Å²) in [5, 5.41) is 0. The van der Waals surface area contributed by atoms with E-state index in [4.69, 9.17) is 5.73 Å². The fraction of sp³-hybridized carbons (Fsp3) is 1.00. The standard InChI is InChI=1S/C9H20N2/c1-4-11-6-5-8(7-11)9(2,3)10/h8H,4-7,10H2,1-3H3. The fourth-order valence-electron chi connectivity index (χ4n) is 1.73. The van der Waals surface area contributed by atoms with Crippen LogP contribution in [0.5, 0.6) is 0 Å². The van der Waals surface area contributed by atoms with Crippen LogP contribution in [-0.2, 0) is 0 Å². The van der Waals surface area contributed by atoms with Crippen LogP contribution < -0.4 is 5.73 Å². The summed E-state index contributed by atoms with van der Waals surface area (Å²) < 4.78 is 0. The predicted molar refractivity (Wildman–Crippen MR) is 48.5 cm³/mol. The van der Waals surface area contributed by atoms with E-state index in [1.165, 1.54) is 26.1 Å². The van der Waals surface area contributed by atoms with Crippen LogP contribution in [0.2, 0.25) is 0 Å². The van der Waals surface area contributed by atoms with Gasteiger partial charge in [0.25, 0.3) is 0 Å². The van der Waals surface area contributed by atoms with Crippen molar-refractivity contribution in [2.45, 2.75) is 32.7 Å². The predicted octanol–water partition coefficient (Wildman–Crippen LogP) is 1.07. The lowest BCUT2D eigenvalue weighted by Gasteiger charge is -2.26. The third-order valence-electron chi connectivity index (χ3n) is 2.77. The highest BCUT2D eigenvalue weighted by molar-refractivity contribution is 4.88. The molecule has 1 aliphatic rings. The van der Waals surface area contributed by atoms with E-state index in [9.17, 15) is 0 Å². The van der Waals surface area contributed by atoms with E-state index in [0.717, 1.165) is 0 Å². The summed E-state index contributed by atoms with van der Waals surface area (Å²) in [7, 11) is 0. The lowest BCUT2D eigenvalue weighted by atomic mass is 9.88. The molecule has 2 N–H and O–H groups in total. The van der Waals surface area contributed by atoms with Crippen molar-refractivity contribution in [2.75, 3.05) is 19.6 Å². The molecule has 11 heavy (non-hydrogen) atoms. The Bertz CT molecular complexity index is 126. The molecule has 1 aliphatic heterocycles. The summed E-state index contributed by atoms with van der Waals surface area (Å²) in [4.78, 5) is 2.47. The van der Waals surface area contributed by atoms with Crippen LogP contribution in [0.1, 0.15) is 27.2 Å². The van der Waals surface area contributed by atoms with Crippen LogP contribution in [-0.4, -0.2) is 30.1 Å². The second kappa shape index (κ2) is 3.11. The second-order valence-electron chi connectivity index (χ2n) is 4.20. The Hall–Kier alpha value is -0.0800. The molecular weight excluding hydrogens is 136 g/mol. The zero-order valence-corrected chi connectivity index (χ0v) is 7.93. The van der Waals surface area contributed by atoms with Gasteiger partial charge in [0, 0.05) is 12.1 Å². The molecule has 0 aromatic carbocycles. The van der Waals surface area contributed by atoms with E-state index < -0.39 is 0 Å². The van der Waals surface area contributed by atoms with E-state index in [1.807, 2.05) is 0 Å². The van der Waals surface area contributed by atoms with Gasteiger partial charge in [0.05, 0.1) is 0 Å². The van der Waals surface area contributed by atoms with E-state index in [1.54, 1.807) is 0 Å². The molecule has 1 unspecified atom stereocenters. The van der Waals surface area contributed by atoms with Gasteiger partial charge in [0.1, 0.15) is 0 Å². The maximum absolute atomic E-state index is 6.03. The van der Waals surface area contributed by atoms with Gasteiger partial charge in [-0.15, -0.1) is 0 Å². The Morgan fingerprint density at radius 3 is 2.45 bits per heavy atom. The number of hydrogen-bond acceptors (Lipinski definition) is 2. The molecule has 1 fully saturated rings. The Kier molecular flexibility index (Phi) is 2.55. The molecule has 0 radical (unpaired) electrons. The van der Waals surface area contributed by atoms with Crippen LogP contribution in [0.3, 0.4) is 0 Å². The van der Waals surface area contributed by atoms with Gasteiger partial charge in [0.2, 0.25) is 0 Å². The van der Waals surface area contributed by atoms with E-state index >= 15 is 0 Å². The van der Waals surface area contributed by atoms with Crippen LogP contribution in [0.25, 0.3) is 0 Å². The maximum atomic E-state index is 6.03. The van der Waals surface area contributed by atoms with Crippen molar-refractivity contribution < 1.29 is 0 Å². The topological polar surface area (TPSA) is 29.3 Å². The molecule has 2 nitrogen and oxygen atoms in total. The molecule has 1 saturated heterocycles. The quantitative estimate of drug-likeness (QED) is 0.648. The van der Waals surface area contributed by atoms with Crippen molar-refractivity contribution in [1.82, 2.24) is 4.90 Å². The van der Waals surface area contributed by atoms with Crippen LogP contribution in [0.15, 0.2) is 0 Å². The van der Waals surface area contributed by atoms with Crippen molar-refractivity contribution in [1.29, 1.82) is 0 Å². The first-order chi connectivity index (χ1) is 5.04. The summed E-state index contributed by atoms with van der Waals surface area (Å²) >= 11 is 0. The second-order valence-corrected chi connectivity index (χ2v) is 4.20. The minimum Gasteiger partial charge on any atom is -0.325 e. The number of likely N-dealkylation sites (tertiary alicyclic amines) is 1. The van der Waals surface area contributed by atoms with Gasteiger partial charge in [-0.3, -0.25) is 0 Å². The van der Waals surface area contributed by atoms with Gasteiger partial charge in [-0.2, -0.15) is 0 Å². The molecule has 0 saturated carbocycles. The van der Waals surface area contributed by atoms with Gasteiger partial charge in [-0.1, -0.05) is 6.92 Å². The average molecular weight is 156 g/mol. The van der Waals surface area contributed by atoms with Gasteiger partial charge in [-0.25, -0.2) is 0 Å². The van der Waals surface area contributed by atoms with Crippen molar-refractivity contribution in [3.63, 3.8) is 0 Å². The van der Waals surface area contributed by atoms with Crippen molar-refractivity contribution >= 4 is 0 Å². The highest BCUT2D eigenvalue weighted by Crippen LogP contribution is 2.24.